The smallest absolute Gasteiger partial charge is 0.360 e. The van der Waals surface area contributed by atoms with Crippen molar-refractivity contribution in [2.24, 2.45) is 0 Å². The Hall–Kier alpha value is -2.95. The van der Waals surface area contributed by atoms with Gasteiger partial charge in [-0.2, -0.15) is 0 Å². The fourth-order valence-electron chi connectivity index (χ4n) is 1.91. The summed E-state index contributed by atoms with van der Waals surface area (Å²) in [6.07, 6.45) is 0. The lowest BCUT2D eigenvalue weighted by molar-refractivity contribution is 0.403. The third-order valence-corrected chi connectivity index (χ3v) is 2.88. The standard InChI is InChI=1S/C15H11NO4/c17-12-7-9-6-11(16-10-4-2-1-3-5-10)15(19)20-14(9)8-13(12)18/h1-8,16-18H. The quantitative estimate of drug-likeness (QED) is 0.492. The monoisotopic (exact) mass is 269 g/mol. The van der Waals surface area contributed by atoms with Gasteiger partial charge in [-0.3, -0.25) is 0 Å². The summed E-state index contributed by atoms with van der Waals surface area (Å²) in [4.78, 5) is 11.9. The van der Waals surface area contributed by atoms with E-state index in [1.54, 1.807) is 6.07 Å². The molecular formula is C15H11NO4. The van der Waals surface area contributed by atoms with E-state index in [4.69, 9.17) is 4.42 Å². The summed E-state index contributed by atoms with van der Waals surface area (Å²) in [5.41, 5.74) is 0.672. The van der Waals surface area contributed by atoms with Gasteiger partial charge in [-0.15, -0.1) is 0 Å². The highest BCUT2D eigenvalue weighted by Gasteiger charge is 2.09. The Balaban J connectivity index is 2.10. The Morgan fingerprint density at radius 3 is 2.40 bits per heavy atom. The number of rotatable bonds is 2. The summed E-state index contributed by atoms with van der Waals surface area (Å²) in [7, 11) is 0. The molecule has 0 amide bonds. The van der Waals surface area contributed by atoms with E-state index in [9.17, 15) is 15.0 Å². The molecule has 0 aliphatic rings. The van der Waals surface area contributed by atoms with Crippen LogP contribution in [0.4, 0.5) is 11.4 Å². The van der Waals surface area contributed by atoms with Gasteiger partial charge in [-0.25, -0.2) is 4.79 Å². The van der Waals surface area contributed by atoms with Crippen molar-refractivity contribution in [3.8, 4) is 11.5 Å². The van der Waals surface area contributed by atoms with Crippen LogP contribution in [0.3, 0.4) is 0 Å². The summed E-state index contributed by atoms with van der Waals surface area (Å²) >= 11 is 0. The van der Waals surface area contributed by atoms with Crippen LogP contribution in [0.25, 0.3) is 11.0 Å². The summed E-state index contributed by atoms with van der Waals surface area (Å²) in [5, 5.41) is 22.3. The van der Waals surface area contributed by atoms with Gasteiger partial charge in [0.25, 0.3) is 0 Å². The van der Waals surface area contributed by atoms with Crippen molar-refractivity contribution in [1.29, 1.82) is 0 Å². The highest BCUT2D eigenvalue weighted by Crippen LogP contribution is 2.30. The lowest BCUT2D eigenvalue weighted by atomic mass is 10.2. The van der Waals surface area contributed by atoms with Crippen molar-refractivity contribution in [2.45, 2.75) is 0 Å². The molecule has 5 nitrogen and oxygen atoms in total. The average molecular weight is 269 g/mol. The van der Waals surface area contributed by atoms with Gasteiger partial charge in [-0.05, 0) is 24.3 Å². The first-order chi connectivity index (χ1) is 9.63. The molecule has 3 N–H and O–H groups in total. The van der Waals surface area contributed by atoms with Gasteiger partial charge in [0.15, 0.2) is 11.5 Å². The van der Waals surface area contributed by atoms with Crippen LogP contribution in [0.2, 0.25) is 0 Å². The molecule has 2 aromatic carbocycles. The minimum absolute atomic E-state index is 0.212. The Morgan fingerprint density at radius 1 is 0.950 bits per heavy atom. The topological polar surface area (TPSA) is 82.7 Å². The van der Waals surface area contributed by atoms with Crippen molar-refractivity contribution < 1.29 is 14.6 Å². The van der Waals surface area contributed by atoms with E-state index in [0.717, 1.165) is 5.69 Å². The van der Waals surface area contributed by atoms with Gasteiger partial charge in [0.2, 0.25) is 0 Å². The van der Waals surface area contributed by atoms with Crippen LogP contribution < -0.4 is 10.9 Å². The summed E-state index contributed by atoms with van der Waals surface area (Å²) in [6.45, 7) is 0. The molecular weight excluding hydrogens is 258 g/mol. The Morgan fingerprint density at radius 2 is 1.65 bits per heavy atom. The molecule has 3 aromatic rings. The fraction of sp³-hybridized carbons (Fsp3) is 0. The van der Waals surface area contributed by atoms with E-state index in [1.165, 1.54) is 12.1 Å². The van der Waals surface area contributed by atoms with Gasteiger partial charge in [0.1, 0.15) is 11.3 Å². The summed E-state index contributed by atoms with van der Waals surface area (Å²) < 4.78 is 5.11. The molecule has 100 valence electrons. The van der Waals surface area contributed by atoms with Gasteiger partial charge in [0, 0.05) is 17.1 Å². The van der Waals surface area contributed by atoms with E-state index in [0.29, 0.717) is 5.39 Å². The number of nitrogens with one attached hydrogen (secondary N) is 1. The SMILES string of the molecule is O=c1oc2cc(O)c(O)cc2cc1Nc1ccccc1. The first-order valence-corrected chi connectivity index (χ1v) is 5.95. The third-order valence-electron chi connectivity index (χ3n) is 2.88. The van der Waals surface area contributed by atoms with Gasteiger partial charge in [0.05, 0.1) is 0 Å². The molecule has 0 unspecified atom stereocenters. The number of anilines is 2. The third kappa shape index (κ3) is 2.16. The Bertz CT molecular complexity index is 824. The number of phenols is 2. The van der Waals surface area contributed by atoms with Crippen molar-refractivity contribution in [2.75, 3.05) is 5.32 Å². The number of hydrogen-bond donors (Lipinski definition) is 3. The van der Waals surface area contributed by atoms with E-state index >= 15 is 0 Å². The van der Waals surface area contributed by atoms with Crippen molar-refractivity contribution >= 4 is 22.3 Å². The number of benzene rings is 2. The highest BCUT2D eigenvalue weighted by atomic mass is 16.4. The molecule has 0 atom stereocenters. The minimum Gasteiger partial charge on any atom is -0.504 e. The van der Waals surface area contributed by atoms with E-state index in [1.807, 2.05) is 30.3 Å². The first-order valence-electron chi connectivity index (χ1n) is 5.95. The number of aromatic hydroxyl groups is 2. The van der Waals surface area contributed by atoms with Crippen LogP contribution in [0.5, 0.6) is 11.5 Å². The first kappa shape index (κ1) is 12.1. The second-order valence-electron chi connectivity index (χ2n) is 4.32. The normalized spacial score (nSPS) is 10.6. The predicted octanol–water partition coefficient (Wildman–Crippen LogP) is 2.95. The maximum Gasteiger partial charge on any atom is 0.360 e. The second-order valence-corrected chi connectivity index (χ2v) is 4.32. The van der Waals surface area contributed by atoms with Crippen LogP contribution in [0, 0.1) is 0 Å². The summed E-state index contributed by atoms with van der Waals surface area (Å²) in [6, 6.07) is 13.3. The molecule has 5 heteroatoms. The number of para-hydroxylation sites is 1. The number of phenolic OH excluding ortho intramolecular Hbond substituents is 2. The zero-order chi connectivity index (χ0) is 14.1. The van der Waals surface area contributed by atoms with Gasteiger partial charge in [-0.1, -0.05) is 18.2 Å². The van der Waals surface area contributed by atoms with Crippen molar-refractivity contribution in [3.63, 3.8) is 0 Å². The number of fused-ring (bicyclic) bond motifs is 1. The molecule has 0 radical (unpaired) electrons. The maximum atomic E-state index is 11.9. The molecule has 0 spiro atoms. The maximum absolute atomic E-state index is 11.9. The molecule has 3 rings (SSSR count). The predicted molar refractivity (Wildman–Crippen MR) is 75.5 cm³/mol. The molecule has 1 aromatic heterocycles. The largest absolute Gasteiger partial charge is 0.504 e. The lowest BCUT2D eigenvalue weighted by Gasteiger charge is -2.06. The van der Waals surface area contributed by atoms with Crippen LogP contribution in [-0.4, -0.2) is 10.2 Å². The van der Waals surface area contributed by atoms with Crippen LogP contribution in [0.15, 0.2) is 57.7 Å². The van der Waals surface area contributed by atoms with Crippen molar-refractivity contribution in [3.05, 3.63) is 59.0 Å². The molecule has 0 fully saturated rings. The van der Waals surface area contributed by atoms with E-state index in [2.05, 4.69) is 5.32 Å². The Kier molecular flexibility index (Phi) is 2.80. The molecule has 0 aliphatic carbocycles. The second kappa shape index (κ2) is 4.62. The van der Waals surface area contributed by atoms with Crippen LogP contribution in [-0.2, 0) is 0 Å². The highest BCUT2D eigenvalue weighted by molar-refractivity contribution is 5.83. The molecule has 0 saturated carbocycles. The zero-order valence-corrected chi connectivity index (χ0v) is 10.3. The van der Waals surface area contributed by atoms with Crippen LogP contribution >= 0.6 is 0 Å². The van der Waals surface area contributed by atoms with Crippen LogP contribution in [0.1, 0.15) is 0 Å². The average Bonchev–Trinajstić information content (AvgIpc) is 2.43. The minimum atomic E-state index is -0.550. The molecule has 0 bridgehead atoms. The summed E-state index contributed by atoms with van der Waals surface area (Å²) in [5.74, 6) is -0.596. The molecule has 0 saturated heterocycles. The van der Waals surface area contributed by atoms with E-state index in [-0.39, 0.29) is 22.8 Å². The molecule has 0 aliphatic heterocycles. The number of hydrogen-bond acceptors (Lipinski definition) is 5. The fourth-order valence-corrected chi connectivity index (χ4v) is 1.91. The molecule has 1 heterocycles. The Labute approximate surface area is 113 Å². The van der Waals surface area contributed by atoms with E-state index < -0.39 is 5.63 Å². The zero-order valence-electron chi connectivity index (χ0n) is 10.3. The molecule has 20 heavy (non-hydrogen) atoms. The van der Waals surface area contributed by atoms with Crippen molar-refractivity contribution in [1.82, 2.24) is 0 Å². The van der Waals surface area contributed by atoms with Gasteiger partial charge >= 0.3 is 5.63 Å². The van der Waals surface area contributed by atoms with Gasteiger partial charge < -0.3 is 19.9 Å². The lowest BCUT2D eigenvalue weighted by Crippen LogP contribution is -2.06.